The summed E-state index contributed by atoms with van der Waals surface area (Å²) in [7, 11) is 0. The van der Waals surface area contributed by atoms with E-state index in [0.717, 1.165) is 46.7 Å². The van der Waals surface area contributed by atoms with E-state index >= 15 is 0 Å². The SMILES string of the molecule is NCc1ccc(CNC(=O)c2cn3c(n2)CNc2cc(CN4CC5CC5C4=O)ccc2C3)cc1. The average molecular weight is 457 g/mol. The molecule has 2 aliphatic heterocycles. The van der Waals surface area contributed by atoms with Crippen LogP contribution in [-0.4, -0.2) is 32.8 Å². The van der Waals surface area contributed by atoms with Gasteiger partial charge in [0.1, 0.15) is 11.5 Å². The number of likely N-dealkylation sites (tertiary alicyclic amines) is 1. The summed E-state index contributed by atoms with van der Waals surface area (Å²) < 4.78 is 2.03. The maximum absolute atomic E-state index is 12.7. The first kappa shape index (κ1) is 20.9. The maximum atomic E-state index is 12.7. The summed E-state index contributed by atoms with van der Waals surface area (Å²) in [5.74, 6) is 1.83. The molecule has 0 spiro atoms. The van der Waals surface area contributed by atoms with E-state index in [0.29, 0.717) is 56.2 Å². The smallest absolute Gasteiger partial charge is 0.271 e. The van der Waals surface area contributed by atoms with Crippen LogP contribution in [0, 0.1) is 11.8 Å². The van der Waals surface area contributed by atoms with Crippen molar-refractivity contribution in [3.05, 3.63) is 82.4 Å². The van der Waals surface area contributed by atoms with Crippen molar-refractivity contribution in [2.24, 2.45) is 17.6 Å². The number of nitrogens with two attached hydrogens (primary N) is 1. The van der Waals surface area contributed by atoms with Crippen LogP contribution in [0.15, 0.2) is 48.7 Å². The van der Waals surface area contributed by atoms with E-state index in [-0.39, 0.29) is 5.91 Å². The highest BCUT2D eigenvalue weighted by molar-refractivity contribution is 5.92. The van der Waals surface area contributed by atoms with Crippen LogP contribution in [0.3, 0.4) is 0 Å². The van der Waals surface area contributed by atoms with Gasteiger partial charge >= 0.3 is 0 Å². The molecule has 2 atom stereocenters. The lowest BCUT2D eigenvalue weighted by atomic mass is 10.1. The third-order valence-electron chi connectivity index (χ3n) is 7.14. The first-order valence-corrected chi connectivity index (χ1v) is 11.8. The summed E-state index contributed by atoms with van der Waals surface area (Å²) in [4.78, 5) is 31.6. The maximum Gasteiger partial charge on any atom is 0.271 e. The van der Waals surface area contributed by atoms with Crippen LogP contribution in [0.4, 0.5) is 5.69 Å². The fraction of sp³-hybridized carbons (Fsp3) is 0.346. The predicted molar refractivity (Wildman–Crippen MR) is 128 cm³/mol. The van der Waals surface area contributed by atoms with Crippen LogP contribution < -0.4 is 16.4 Å². The lowest BCUT2D eigenvalue weighted by Gasteiger charge is -2.19. The van der Waals surface area contributed by atoms with E-state index in [1.807, 2.05) is 39.9 Å². The predicted octanol–water partition coefficient (Wildman–Crippen LogP) is 2.22. The van der Waals surface area contributed by atoms with Crippen molar-refractivity contribution in [1.82, 2.24) is 19.8 Å². The third kappa shape index (κ3) is 3.94. The molecule has 0 bridgehead atoms. The minimum Gasteiger partial charge on any atom is -0.378 e. The van der Waals surface area contributed by atoms with Crippen molar-refractivity contribution in [3.8, 4) is 0 Å². The molecule has 8 nitrogen and oxygen atoms in total. The molecule has 2 aromatic carbocycles. The van der Waals surface area contributed by atoms with Gasteiger partial charge in [-0.1, -0.05) is 36.4 Å². The normalized spacial score (nSPS) is 20.1. The zero-order chi connectivity index (χ0) is 23.2. The van der Waals surface area contributed by atoms with Crippen molar-refractivity contribution >= 4 is 17.5 Å². The van der Waals surface area contributed by atoms with E-state index in [9.17, 15) is 9.59 Å². The van der Waals surface area contributed by atoms with E-state index in [1.165, 1.54) is 0 Å². The zero-order valence-corrected chi connectivity index (χ0v) is 19.0. The summed E-state index contributed by atoms with van der Waals surface area (Å²) in [6.07, 6.45) is 2.90. The molecular weight excluding hydrogens is 428 g/mol. The molecule has 34 heavy (non-hydrogen) atoms. The number of aromatic nitrogens is 2. The molecule has 2 unspecified atom stereocenters. The second-order valence-corrected chi connectivity index (χ2v) is 9.54. The summed E-state index contributed by atoms with van der Waals surface area (Å²) in [6, 6.07) is 14.2. The molecule has 2 fully saturated rings. The van der Waals surface area contributed by atoms with Crippen molar-refractivity contribution in [3.63, 3.8) is 0 Å². The number of nitrogens with zero attached hydrogens (tertiary/aromatic N) is 3. The van der Waals surface area contributed by atoms with Gasteiger partial charge in [0.15, 0.2) is 0 Å². The summed E-state index contributed by atoms with van der Waals surface area (Å²) >= 11 is 0. The number of anilines is 1. The van der Waals surface area contributed by atoms with Crippen LogP contribution in [0.1, 0.15) is 45.0 Å². The fourth-order valence-electron chi connectivity index (χ4n) is 5.01. The lowest BCUT2D eigenvalue weighted by molar-refractivity contribution is -0.130. The Morgan fingerprint density at radius 1 is 1.15 bits per heavy atom. The molecule has 3 heterocycles. The van der Waals surface area contributed by atoms with Crippen LogP contribution in [-0.2, 0) is 37.5 Å². The third-order valence-corrected chi connectivity index (χ3v) is 7.14. The molecule has 3 aromatic rings. The van der Waals surface area contributed by atoms with E-state index in [4.69, 9.17) is 5.73 Å². The van der Waals surface area contributed by atoms with E-state index < -0.39 is 0 Å². The molecule has 1 aromatic heterocycles. The second kappa shape index (κ2) is 8.29. The molecule has 1 aliphatic carbocycles. The van der Waals surface area contributed by atoms with Crippen molar-refractivity contribution in [2.45, 2.75) is 39.1 Å². The van der Waals surface area contributed by atoms with Gasteiger partial charge < -0.3 is 25.8 Å². The standard InChI is InChI=1S/C26H28N6O2/c27-9-16-1-3-17(4-2-16)10-29-25(33)23-15-31-13-19-6-5-18(7-22(19)28-11-24(31)30-23)12-32-14-20-8-21(20)26(32)34/h1-7,15,20-21,28H,8-14,27H2,(H,29,33). The molecule has 0 radical (unpaired) electrons. The molecule has 4 N–H and O–H groups in total. The van der Waals surface area contributed by atoms with Gasteiger partial charge in [-0.3, -0.25) is 9.59 Å². The largest absolute Gasteiger partial charge is 0.378 e. The first-order chi connectivity index (χ1) is 16.6. The van der Waals surface area contributed by atoms with Crippen molar-refractivity contribution in [2.75, 3.05) is 11.9 Å². The summed E-state index contributed by atoms with van der Waals surface area (Å²) in [5, 5.41) is 6.42. The Morgan fingerprint density at radius 3 is 2.71 bits per heavy atom. The number of carbonyl (C=O) groups is 2. The Balaban J connectivity index is 1.11. The molecule has 1 saturated carbocycles. The highest BCUT2D eigenvalue weighted by Crippen LogP contribution is 2.46. The average Bonchev–Trinajstić information content (AvgIpc) is 3.46. The van der Waals surface area contributed by atoms with Crippen molar-refractivity contribution in [1.29, 1.82) is 0 Å². The Bertz CT molecular complexity index is 1260. The highest BCUT2D eigenvalue weighted by atomic mass is 16.2. The Hall–Kier alpha value is -3.65. The highest BCUT2D eigenvalue weighted by Gasteiger charge is 2.51. The Labute approximate surface area is 198 Å². The fourth-order valence-corrected chi connectivity index (χ4v) is 5.01. The number of hydrogen-bond acceptors (Lipinski definition) is 5. The van der Waals surface area contributed by atoms with E-state index in [1.54, 1.807) is 0 Å². The van der Waals surface area contributed by atoms with Crippen LogP contribution in [0.2, 0.25) is 0 Å². The molecule has 8 heteroatoms. The number of nitrogens with one attached hydrogen (secondary N) is 2. The second-order valence-electron chi connectivity index (χ2n) is 9.54. The van der Waals surface area contributed by atoms with Gasteiger partial charge in [-0.05, 0) is 40.7 Å². The number of piperidine rings is 1. The minimum absolute atomic E-state index is 0.188. The van der Waals surface area contributed by atoms with Crippen LogP contribution >= 0.6 is 0 Å². The molecule has 3 aliphatic rings. The zero-order valence-electron chi connectivity index (χ0n) is 19.0. The number of amides is 2. The van der Waals surface area contributed by atoms with Gasteiger partial charge in [0.05, 0.1) is 13.1 Å². The molecule has 1 saturated heterocycles. The molecule has 2 amide bonds. The summed E-state index contributed by atoms with van der Waals surface area (Å²) in [5.41, 5.74) is 11.5. The van der Waals surface area contributed by atoms with Crippen molar-refractivity contribution < 1.29 is 9.59 Å². The lowest BCUT2D eigenvalue weighted by Crippen LogP contribution is -2.27. The van der Waals surface area contributed by atoms with E-state index in [2.05, 4.69) is 33.8 Å². The number of carbonyl (C=O) groups excluding carboxylic acids is 2. The van der Waals surface area contributed by atoms with Gasteiger partial charge in [-0.2, -0.15) is 0 Å². The molecule has 6 rings (SSSR count). The van der Waals surface area contributed by atoms with Gasteiger partial charge in [-0.15, -0.1) is 0 Å². The number of fused-ring (bicyclic) bond motifs is 3. The van der Waals surface area contributed by atoms with Crippen LogP contribution in [0.5, 0.6) is 0 Å². The molecular formula is C26H28N6O2. The number of benzene rings is 2. The number of rotatable bonds is 6. The Morgan fingerprint density at radius 2 is 1.94 bits per heavy atom. The minimum atomic E-state index is -0.188. The topological polar surface area (TPSA) is 105 Å². The van der Waals surface area contributed by atoms with Gasteiger partial charge in [0.25, 0.3) is 5.91 Å². The Kier molecular flexibility index (Phi) is 5.10. The monoisotopic (exact) mass is 456 g/mol. The van der Waals surface area contributed by atoms with Gasteiger partial charge in [0.2, 0.25) is 5.91 Å². The number of hydrogen-bond donors (Lipinski definition) is 3. The quantitative estimate of drug-likeness (QED) is 0.528. The first-order valence-electron chi connectivity index (χ1n) is 11.8. The van der Waals surface area contributed by atoms with Gasteiger partial charge in [-0.25, -0.2) is 4.98 Å². The molecule has 174 valence electrons. The van der Waals surface area contributed by atoms with Crippen LogP contribution in [0.25, 0.3) is 0 Å². The summed E-state index contributed by atoms with van der Waals surface area (Å²) in [6.45, 7) is 3.70. The number of imidazole rings is 1. The van der Waals surface area contributed by atoms with Gasteiger partial charge in [0, 0.05) is 44.0 Å².